The van der Waals surface area contributed by atoms with Crippen LogP contribution in [-0.2, 0) is 32.6 Å². The van der Waals surface area contributed by atoms with Gasteiger partial charge in [-0.15, -0.1) is 0 Å². The van der Waals surface area contributed by atoms with Crippen LogP contribution in [0.3, 0.4) is 0 Å². The zero-order chi connectivity index (χ0) is 18.0. The zero-order valence-electron chi connectivity index (χ0n) is 15.3. The van der Waals surface area contributed by atoms with Gasteiger partial charge in [0.15, 0.2) is 0 Å². The summed E-state index contributed by atoms with van der Waals surface area (Å²) in [4.78, 5) is 26.0. The molecule has 3 fully saturated rings. The maximum absolute atomic E-state index is 12.4. The van der Waals surface area contributed by atoms with E-state index >= 15 is 0 Å². The Morgan fingerprint density at radius 1 is 1.24 bits per heavy atom. The molecule has 136 valence electrons. The molecule has 25 heavy (non-hydrogen) atoms. The van der Waals surface area contributed by atoms with Crippen LogP contribution in [0.2, 0.25) is 0 Å². The smallest absolute Gasteiger partial charge is 0.410 e. The van der Waals surface area contributed by atoms with Gasteiger partial charge < -0.3 is 14.4 Å². The number of nitrogens with zero attached hydrogens (tertiary/aromatic N) is 2. The summed E-state index contributed by atoms with van der Waals surface area (Å²) in [6.45, 7) is 6.76. The van der Waals surface area contributed by atoms with Crippen molar-refractivity contribution in [2.75, 3.05) is 13.7 Å². The number of fused-ring (bicyclic) bond motifs is 1. The quantitative estimate of drug-likeness (QED) is 0.830. The molecule has 3 aliphatic carbocycles. The second-order valence-electron chi connectivity index (χ2n) is 8.76. The molecule has 7 nitrogen and oxygen atoms in total. The third-order valence-electron chi connectivity index (χ3n) is 5.74. The van der Waals surface area contributed by atoms with E-state index in [1.165, 1.54) is 7.11 Å². The summed E-state index contributed by atoms with van der Waals surface area (Å²) in [5.74, 6) is -0.103. The molecule has 1 aromatic heterocycles. The van der Waals surface area contributed by atoms with E-state index in [9.17, 15) is 9.59 Å². The predicted octanol–water partition coefficient (Wildman–Crippen LogP) is 2.30. The number of H-pyrrole nitrogens is 1. The molecule has 2 heterocycles. The van der Waals surface area contributed by atoms with Gasteiger partial charge in [0.25, 0.3) is 0 Å². The normalized spacial score (nSPS) is 30.0. The molecule has 1 aromatic rings. The highest BCUT2D eigenvalue weighted by Gasteiger charge is 2.74. The minimum absolute atomic E-state index is 0.0186. The highest BCUT2D eigenvalue weighted by molar-refractivity contribution is 5.82. The van der Waals surface area contributed by atoms with E-state index in [4.69, 9.17) is 9.47 Å². The molecule has 2 bridgehead atoms. The van der Waals surface area contributed by atoms with Crippen LogP contribution in [0.5, 0.6) is 0 Å². The standard InChI is InChI=1S/C18H25N3O4/c1-16(2,3)25-15(23)21-6-5-12-11(7-21)13(20-19-12)17-8-18(9-17,10-17)14(22)24-4/h5-10H2,1-4H3,(H,19,20). The Morgan fingerprint density at radius 2 is 1.92 bits per heavy atom. The summed E-state index contributed by atoms with van der Waals surface area (Å²) in [5.41, 5.74) is 2.43. The minimum Gasteiger partial charge on any atom is -0.469 e. The SMILES string of the molecule is COC(=O)C12CC(c3n[nH]c4c3CN(C(=O)OC(C)(C)C)CC4)(C1)C2. The van der Waals surface area contributed by atoms with E-state index in [2.05, 4.69) is 10.2 Å². The van der Waals surface area contributed by atoms with Gasteiger partial charge in [0.1, 0.15) is 5.60 Å². The Labute approximate surface area is 147 Å². The van der Waals surface area contributed by atoms with Gasteiger partial charge in [-0.05, 0) is 40.0 Å². The minimum atomic E-state index is -0.503. The van der Waals surface area contributed by atoms with E-state index in [-0.39, 0.29) is 22.9 Å². The average Bonchev–Trinajstić information content (AvgIpc) is 2.86. The molecule has 4 aliphatic rings. The van der Waals surface area contributed by atoms with Crippen molar-refractivity contribution >= 4 is 12.1 Å². The zero-order valence-corrected chi connectivity index (χ0v) is 15.3. The fourth-order valence-corrected chi connectivity index (χ4v) is 4.69. The summed E-state index contributed by atoms with van der Waals surface area (Å²) >= 11 is 0. The lowest BCUT2D eigenvalue weighted by molar-refractivity contribution is -0.199. The third-order valence-corrected chi connectivity index (χ3v) is 5.74. The monoisotopic (exact) mass is 347 g/mol. The maximum Gasteiger partial charge on any atom is 0.410 e. The summed E-state index contributed by atoms with van der Waals surface area (Å²) < 4.78 is 10.4. The van der Waals surface area contributed by atoms with Crippen molar-refractivity contribution < 1.29 is 19.1 Å². The van der Waals surface area contributed by atoms with Crippen LogP contribution in [0.25, 0.3) is 0 Å². The van der Waals surface area contributed by atoms with Crippen molar-refractivity contribution in [3.05, 3.63) is 17.0 Å². The van der Waals surface area contributed by atoms with Gasteiger partial charge in [-0.25, -0.2) is 4.79 Å². The maximum atomic E-state index is 12.4. The van der Waals surface area contributed by atoms with Gasteiger partial charge >= 0.3 is 12.1 Å². The molecule has 5 rings (SSSR count). The Kier molecular flexibility index (Phi) is 3.28. The van der Waals surface area contributed by atoms with Gasteiger partial charge in [-0.3, -0.25) is 9.89 Å². The largest absolute Gasteiger partial charge is 0.469 e. The number of amides is 1. The van der Waals surface area contributed by atoms with Crippen LogP contribution in [-0.4, -0.2) is 46.4 Å². The van der Waals surface area contributed by atoms with E-state index in [0.29, 0.717) is 13.1 Å². The molecule has 0 spiro atoms. The molecule has 0 saturated heterocycles. The van der Waals surface area contributed by atoms with Crippen molar-refractivity contribution in [1.82, 2.24) is 15.1 Å². The molecule has 1 N–H and O–H groups in total. The fourth-order valence-electron chi connectivity index (χ4n) is 4.69. The van der Waals surface area contributed by atoms with E-state index in [1.54, 1.807) is 4.90 Å². The van der Waals surface area contributed by atoms with Gasteiger partial charge in [-0.1, -0.05) is 0 Å². The van der Waals surface area contributed by atoms with Crippen LogP contribution in [0, 0.1) is 5.41 Å². The average molecular weight is 347 g/mol. The lowest BCUT2D eigenvalue weighted by atomic mass is 9.34. The van der Waals surface area contributed by atoms with Gasteiger partial charge in [0, 0.05) is 29.6 Å². The van der Waals surface area contributed by atoms with Crippen LogP contribution in [0.1, 0.15) is 57.0 Å². The number of aromatic amines is 1. The highest BCUT2D eigenvalue weighted by Crippen LogP contribution is 2.74. The number of rotatable bonds is 2. The number of methoxy groups -OCH3 is 1. The van der Waals surface area contributed by atoms with E-state index in [0.717, 1.165) is 42.6 Å². The van der Waals surface area contributed by atoms with Crippen molar-refractivity contribution in [3.8, 4) is 0 Å². The molecule has 0 unspecified atom stereocenters. The highest BCUT2D eigenvalue weighted by atomic mass is 16.6. The van der Waals surface area contributed by atoms with Crippen molar-refractivity contribution in [2.24, 2.45) is 5.41 Å². The first kappa shape index (κ1) is 16.4. The Balaban J connectivity index is 1.50. The van der Waals surface area contributed by atoms with Crippen LogP contribution < -0.4 is 0 Å². The summed E-state index contributed by atoms with van der Waals surface area (Å²) in [6.07, 6.45) is 2.87. The number of nitrogens with one attached hydrogen (secondary N) is 1. The molecule has 0 radical (unpaired) electrons. The molecule has 3 saturated carbocycles. The summed E-state index contributed by atoms with van der Waals surface area (Å²) in [6, 6.07) is 0. The number of ether oxygens (including phenoxy) is 2. The van der Waals surface area contributed by atoms with Crippen LogP contribution in [0.4, 0.5) is 4.79 Å². The number of hydrogen-bond donors (Lipinski definition) is 1. The molecule has 1 amide bonds. The number of hydrogen-bond acceptors (Lipinski definition) is 5. The third kappa shape index (κ3) is 2.35. The number of esters is 1. The predicted molar refractivity (Wildman–Crippen MR) is 88.9 cm³/mol. The van der Waals surface area contributed by atoms with Crippen molar-refractivity contribution in [2.45, 2.75) is 64.0 Å². The van der Waals surface area contributed by atoms with E-state index < -0.39 is 5.60 Å². The van der Waals surface area contributed by atoms with E-state index in [1.807, 2.05) is 20.8 Å². The number of aromatic nitrogens is 2. The van der Waals surface area contributed by atoms with Crippen molar-refractivity contribution in [3.63, 3.8) is 0 Å². The van der Waals surface area contributed by atoms with Crippen molar-refractivity contribution in [1.29, 1.82) is 0 Å². The second kappa shape index (κ2) is 4.99. The van der Waals surface area contributed by atoms with Crippen LogP contribution in [0.15, 0.2) is 0 Å². The molecular formula is C18H25N3O4. The molecule has 0 aromatic carbocycles. The summed E-state index contributed by atoms with van der Waals surface area (Å²) in [5, 5.41) is 7.70. The second-order valence-corrected chi connectivity index (χ2v) is 8.76. The molecule has 1 aliphatic heterocycles. The first-order chi connectivity index (χ1) is 11.7. The summed E-state index contributed by atoms with van der Waals surface area (Å²) in [7, 11) is 1.45. The Morgan fingerprint density at radius 3 is 2.52 bits per heavy atom. The molecular weight excluding hydrogens is 322 g/mol. The lowest BCUT2D eigenvalue weighted by Gasteiger charge is -2.68. The fraction of sp³-hybridized carbons (Fsp3) is 0.722. The topological polar surface area (TPSA) is 84.5 Å². The molecule has 7 heteroatoms. The Bertz CT molecular complexity index is 726. The van der Waals surface area contributed by atoms with Gasteiger partial charge in [0.05, 0.1) is 24.8 Å². The molecule has 0 atom stereocenters. The Hall–Kier alpha value is -2.05. The van der Waals surface area contributed by atoms with Gasteiger partial charge in [-0.2, -0.15) is 5.10 Å². The number of carbonyl (C=O) groups excluding carboxylic acids is 2. The first-order valence-electron chi connectivity index (χ1n) is 8.81. The number of carbonyl (C=O) groups is 2. The first-order valence-corrected chi connectivity index (χ1v) is 8.81. The van der Waals surface area contributed by atoms with Crippen LogP contribution >= 0.6 is 0 Å². The van der Waals surface area contributed by atoms with Gasteiger partial charge in [0.2, 0.25) is 0 Å². The lowest BCUT2D eigenvalue weighted by Crippen LogP contribution is -2.68.